The minimum Gasteiger partial charge on any atom is -0.493 e. The maximum absolute atomic E-state index is 12.7. The van der Waals surface area contributed by atoms with E-state index in [9.17, 15) is 13.6 Å². The molecule has 176 valence electrons. The average molecular weight is 465 g/mol. The monoisotopic (exact) mass is 465 g/mol. The molecule has 0 saturated carbocycles. The predicted molar refractivity (Wildman–Crippen MR) is 113 cm³/mol. The fourth-order valence-corrected chi connectivity index (χ4v) is 3.08. The van der Waals surface area contributed by atoms with E-state index in [1.54, 1.807) is 12.1 Å². The molecule has 0 spiro atoms. The maximum Gasteiger partial charge on any atom is 0.387 e. The molecule has 0 aromatic heterocycles. The van der Waals surface area contributed by atoms with Crippen molar-refractivity contribution in [2.24, 2.45) is 4.99 Å². The van der Waals surface area contributed by atoms with Gasteiger partial charge in [0.05, 0.1) is 35.5 Å². The van der Waals surface area contributed by atoms with Crippen LogP contribution in [0.4, 0.5) is 8.78 Å². The van der Waals surface area contributed by atoms with Crippen LogP contribution >= 0.6 is 0 Å². The molecule has 0 amide bonds. The van der Waals surface area contributed by atoms with Crippen molar-refractivity contribution in [3.63, 3.8) is 0 Å². The Morgan fingerprint density at radius 1 is 0.818 bits per heavy atom. The maximum atomic E-state index is 12.7. The van der Waals surface area contributed by atoms with Gasteiger partial charge in [0.1, 0.15) is 0 Å². The highest BCUT2D eigenvalue weighted by atomic mass is 19.3. The Kier molecular flexibility index (Phi) is 7.21. The van der Waals surface area contributed by atoms with E-state index in [1.165, 1.54) is 53.8 Å². The second-order valence-electron chi connectivity index (χ2n) is 6.38. The van der Waals surface area contributed by atoms with Gasteiger partial charge >= 0.3 is 12.6 Å². The fourth-order valence-electron chi connectivity index (χ4n) is 3.08. The van der Waals surface area contributed by atoms with E-state index >= 15 is 0 Å². The molecule has 0 fully saturated rings. The molecule has 0 aliphatic carbocycles. The van der Waals surface area contributed by atoms with Crippen LogP contribution in [-0.4, -0.2) is 54.0 Å². The third-order valence-corrected chi connectivity index (χ3v) is 4.53. The third-order valence-electron chi connectivity index (χ3n) is 4.53. The van der Waals surface area contributed by atoms with Crippen molar-refractivity contribution in [1.82, 2.24) is 0 Å². The zero-order chi connectivity index (χ0) is 24.1. The van der Waals surface area contributed by atoms with Crippen molar-refractivity contribution in [3.05, 3.63) is 41.1 Å². The van der Waals surface area contributed by atoms with Gasteiger partial charge in [0, 0.05) is 5.56 Å². The average Bonchev–Trinajstić information content (AvgIpc) is 3.18. The molecule has 2 aromatic carbocycles. The third kappa shape index (κ3) is 4.92. The molecule has 11 heteroatoms. The minimum atomic E-state index is -3.08. The zero-order valence-electron chi connectivity index (χ0n) is 18.4. The number of cyclic esters (lactones) is 1. The lowest BCUT2D eigenvalue weighted by molar-refractivity contribution is -0.129. The van der Waals surface area contributed by atoms with Crippen LogP contribution in [0.15, 0.2) is 35.0 Å². The van der Waals surface area contributed by atoms with Crippen LogP contribution in [0, 0.1) is 0 Å². The fraction of sp³-hybridized carbons (Fsp3) is 0.273. The summed E-state index contributed by atoms with van der Waals surface area (Å²) in [5.41, 5.74) is 0.759. The van der Waals surface area contributed by atoms with Crippen molar-refractivity contribution in [3.8, 4) is 34.5 Å². The van der Waals surface area contributed by atoms with Gasteiger partial charge in [-0.3, -0.25) is 0 Å². The summed E-state index contributed by atoms with van der Waals surface area (Å²) in [7, 11) is 6.95. The highest BCUT2D eigenvalue weighted by molar-refractivity contribution is 6.13. The van der Waals surface area contributed by atoms with Gasteiger partial charge in [0.2, 0.25) is 17.4 Å². The van der Waals surface area contributed by atoms with Crippen molar-refractivity contribution in [1.29, 1.82) is 0 Å². The quantitative estimate of drug-likeness (QED) is 0.409. The van der Waals surface area contributed by atoms with Crippen LogP contribution in [0.1, 0.15) is 11.1 Å². The van der Waals surface area contributed by atoms with Gasteiger partial charge in [-0.2, -0.15) is 8.78 Å². The van der Waals surface area contributed by atoms with E-state index in [0.717, 1.165) is 0 Å². The Balaban J connectivity index is 2.03. The number of carbonyl (C=O) groups is 1. The van der Waals surface area contributed by atoms with Gasteiger partial charge in [-0.25, -0.2) is 9.79 Å². The second kappa shape index (κ2) is 10.1. The van der Waals surface area contributed by atoms with E-state index < -0.39 is 12.6 Å². The number of hydrogen-bond donors (Lipinski definition) is 0. The second-order valence-corrected chi connectivity index (χ2v) is 6.38. The number of ether oxygens (including phenoxy) is 7. The molecule has 0 atom stereocenters. The number of aliphatic imine (C=N–C) groups is 1. The number of benzene rings is 2. The number of rotatable bonds is 9. The number of alkyl halides is 2. The van der Waals surface area contributed by atoms with Gasteiger partial charge in [-0.1, -0.05) is 0 Å². The summed E-state index contributed by atoms with van der Waals surface area (Å²) in [5.74, 6) is 0.0804. The van der Waals surface area contributed by atoms with Crippen LogP contribution in [-0.2, 0) is 9.53 Å². The highest BCUT2D eigenvalue weighted by Gasteiger charge is 2.27. The van der Waals surface area contributed by atoms with Crippen LogP contribution in [0.25, 0.3) is 6.08 Å². The van der Waals surface area contributed by atoms with E-state index in [1.807, 2.05) is 0 Å². The molecular weight excluding hydrogens is 444 g/mol. The number of methoxy groups -OCH3 is 5. The molecule has 2 aromatic rings. The van der Waals surface area contributed by atoms with Crippen molar-refractivity contribution in [2.75, 3.05) is 35.5 Å². The zero-order valence-corrected chi connectivity index (χ0v) is 18.4. The molecule has 0 bridgehead atoms. The van der Waals surface area contributed by atoms with Crippen LogP contribution < -0.4 is 28.4 Å². The Morgan fingerprint density at radius 3 is 1.79 bits per heavy atom. The Hall–Kier alpha value is -4.02. The van der Waals surface area contributed by atoms with Crippen molar-refractivity contribution < 1.29 is 46.7 Å². The molecule has 3 rings (SSSR count). The van der Waals surface area contributed by atoms with Crippen molar-refractivity contribution in [2.45, 2.75) is 6.61 Å². The van der Waals surface area contributed by atoms with E-state index in [0.29, 0.717) is 28.4 Å². The van der Waals surface area contributed by atoms with Crippen LogP contribution in [0.2, 0.25) is 0 Å². The molecule has 0 unspecified atom stereocenters. The number of nitrogens with zero attached hydrogens (tertiary/aromatic N) is 1. The molecule has 0 saturated heterocycles. The molecule has 33 heavy (non-hydrogen) atoms. The molecule has 1 heterocycles. The lowest BCUT2D eigenvalue weighted by Gasteiger charge is -2.14. The van der Waals surface area contributed by atoms with E-state index in [4.69, 9.17) is 28.4 Å². The molecule has 0 N–H and O–H groups in total. The Morgan fingerprint density at radius 2 is 1.33 bits per heavy atom. The number of halogens is 2. The van der Waals surface area contributed by atoms with Crippen LogP contribution in [0.5, 0.6) is 34.5 Å². The summed E-state index contributed by atoms with van der Waals surface area (Å²) in [4.78, 5) is 16.7. The first-order chi connectivity index (χ1) is 15.8. The van der Waals surface area contributed by atoms with E-state index in [2.05, 4.69) is 9.73 Å². The highest BCUT2D eigenvalue weighted by Crippen LogP contribution is 2.41. The van der Waals surface area contributed by atoms with Crippen molar-refractivity contribution >= 4 is 17.9 Å². The normalized spacial score (nSPS) is 14.1. The number of carbonyl (C=O) groups excluding carboxylic acids is 1. The lowest BCUT2D eigenvalue weighted by atomic mass is 10.1. The molecule has 9 nitrogen and oxygen atoms in total. The summed E-state index contributed by atoms with van der Waals surface area (Å²) in [5, 5.41) is 0. The Labute approximate surface area is 188 Å². The van der Waals surface area contributed by atoms with E-state index in [-0.39, 0.29) is 28.8 Å². The molecule has 1 aliphatic rings. The van der Waals surface area contributed by atoms with Gasteiger partial charge in [-0.05, 0) is 35.9 Å². The smallest absolute Gasteiger partial charge is 0.387 e. The van der Waals surface area contributed by atoms with Gasteiger partial charge < -0.3 is 33.2 Å². The van der Waals surface area contributed by atoms with Gasteiger partial charge in [0.15, 0.2) is 28.7 Å². The summed E-state index contributed by atoms with van der Waals surface area (Å²) in [6, 6.07) is 5.96. The summed E-state index contributed by atoms with van der Waals surface area (Å²) in [6.07, 6.45) is 1.39. The first-order valence-corrected chi connectivity index (χ1v) is 9.38. The predicted octanol–water partition coefficient (Wildman–Crippen LogP) is 3.68. The minimum absolute atomic E-state index is 0.0123. The molecular formula is C22H21F2NO8. The van der Waals surface area contributed by atoms with Gasteiger partial charge in [-0.15, -0.1) is 0 Å². The summed E-state index contributed by atoms with van der Waals surface area (Å²) in [6.45, 7) is -3.08. The summed E-state index contributed by atoms with van der Waals surface area (Å²) >= 11 is 0. The molecule has 0 radical (unpaired) electrons. The van der Waals surface area contributed by atoms with Crippen LogP contribution in [0.3, 0.4) is 0 Å². The number of esters is 1. The molecule has 1 aliphatic heterocycles. The topological polar surface area (TPSA) is 94.0 Å². The standard InChI is InChI=1S/C22H21F2NO8/c1-27-14-7-11(8-15(28-2)19(14)32-22(23)24)6-13-21(26)33-20(25-13)12-9-16(29-3)18(31-5)17(10-12)30-4/h6-10,22H,1-5H3. The Bertz CT molecular complexity index is 1060. The first kappa shape index (κ1) is 23.6. The largest absolute Gasteiger partial charge is 0.493 e. The lowest BCUT2D eigenvalue weighted by Crippen LogP contribution is -2.07. The first-order valence-electron chi connectivity index (χ1n) is 9.38. The number of hydrogen-bond acceptors (Lipinski definition) is 9. The van der Waals surface area contributed by atoms with Gasteiger partial charge in [0.25, 0.3) is 0 Å². The summed E-state index contributed by atoms with van der Waals surface area (Å²) < 4.78 is 61.4. The SMILES string of the molecule is COc1cc(C2=NC(=Cc3cc(OC)c(OC(F)F)c(OC)c3)C(=O)O2)cc(OC)c1OC.